The molecule has 0 fully saturated rings. The summed E-state index contributed by atoms with van der Waals surface area (Å²) in [6.45, 7) is 0. The number of rotatable bonds is 0. The number of benzene rings is 1. The highest BCUT2D eigenvalue weighted by Crippen LogP contribution is 2.48. The molecule has 0 saturated carbocycles. The average Bonchev–Trinajstić information content (AvgIpc) is 2.78. The zero-order valence-corrected chi connectivity index (χ0v) is 10.1. The van der Waals surface area contributed by atoms with Gasteiger partial charge >= 0.3 is 0 Å². The van der Waals surface area contributed by atoms with Crippen LogP contribution in [0.4, 0.5) is 5.69 Å². The Morgan fingerprint density at radius 1 is 1.17 bits per heavy atom. The van der Waals surface area contributed by atoms with Crippen molar-refractivity contribution in [3.8, 4) is 0 Å². The fourth-order valence-corrected chi connectivity index (χ4v) is 3.25. The molecule has 0 amide bonds. The molecule has 1 spiro atoms. The van der Waals surface area contributed by atoms with E-state index in [4.69, 9.17) is 4.99 Å². The lowest BCUT2D eigenvalue weighted by molar-refractivity contribution is 0.552. The van der Waals surface area contributed by atoms with Crippen molar-refractivity contribution in [1.82, 2.24) is 0 Å². The Morgan fingerprint density at radius 2 is 2.11 bits per heavy atom. The number of nitrogens with zero attached hydrogens (tertiary/aromatic N) is 2. The Kier molecular flexibility index (Phi) is 1.95. The van der Waals surface area contributed by atoms with E-state index in [0.717, 1.165) is 24.9 Å². The third-order valence-corrected chi connectivity index (χ3v) is 4.23. The molecular weight excluding hydrogens is 220 g/mol. The van der Waals surface area contributed by atoms with Crippen molar-refractivity contribution in [3.63, 3.8) is 0 Å². The van der Waals surface area contributed by atoms with E-state index in [1.165, 1.54) is 16.8 Å². The van der Waals surface area contributed by atoms with Gasteiger partial charge in [0.05, 0.1) is 11.4 Å². The van der Waals surface area contributed by atoms with Gasteiger partial charge in [-0.1, -0.05) is 18.2 Å². The van der Waals surface area contributed by atoms with E-state index in [1.54, 1.807) is 0 Å². The van der Waals surface area contributed by atoms with Crippen LogP contribution in [0.3, 0.4) is 0 Å². The molecule has 1 unspecified atom stereocenters. The molecule has 1 atom stereocenters. The van der Waals surface area contributed by atoms with Gasteiger partial charge in [-0.15, -0.1) is 0 Å². The summed E-state index contributed by atoms with van der Waals surface area (Å²) in [5.41, 5.74) is 5.17. The predicted octanol–water partition coefficient (Wildman–Crippen LogP) is 3.72. The van der Waals surface area contributed by atoms with E-state index >= 15 is 0 Å². The van der Waals surface area contributed by atoms with Crippen molar-refractivity contribution in [2.45, 2.75) is 24.7 Å². The minimum absolute atomic E-state index is 0.0790. The van der Waals surface area contributed by atoms with Gasteiger partial charge in [-0.05, 0) is 48.6 Å². The quantitative estimate of drug-likeness (QED) is 0.653. The first-order valence-electron chi connectivity index (χ1n) is 6.46. The molecule has 1 aromatic rings. The summed E-state index contributed by atoms with van der Waals surface area (Å²) >= 11 is 0. The number of hydrogen-bond donors (Lipinski definition) is 0. The molecule has 88 valence electrons. The summed E-state index contributed by atoms with van der Waals surface area (Å²) < 4.78 is 0. The first-order chi connectivity index (χ1) is 8.88. The molecule has 2 bridgehead atoms. The summed E-state index contributed by atoms with van der Waals surface area (Å²) in [5.74, 6) is 0. The second-order valence-electron chi connectivity index (χ2n) is 5.17. The third-order valence-electron chi connectivity index (χ3n) is 4.23. The fraction of sp³-hybridized carbons (Fsp3) is 0.250. The largest absolute Gasteiger partial charge is 0.269 e. The fourth-order valence-electron chi connectivity index (χ4n) is 3.25. The molecular formula is C16H14N2. The van der Waals surface area contributed by atoms with Gasteiger partial charge in [0.1, 0.15) is 0 Å². The summed E-state index contributed by atoms with van der Waals surface area (Å²) in [6.07, 6.45) is 11.5. The maximum Gasteiger partial charge on any atom is 0.0675 e. The maximum absolute atomic E-state index is 4.84. The predicted molar refractivity (Wildman–Crippen MR) is 74.8 cm³/mol. The Bertz CT molecular complexity index is 634. The summed E-state index contributed by atoms with van der Waals surface area (Å²) in [6, 6.07) is 8.53. The highest BCUT2D eigenvalue weighted by molar-refractivity contribution is 6.11. The van der Waals surface area contributed by atoms with Crippen LogP contribution in [0.15, 0.2) is 58.2 Å². The molecule has 18 heavy (non-hydrogen) atoms. The standard InChI is InChI=1S/C16H14N2/c1-2-4-14-13(3-1)16-7-5-12(11-15(16)18-14)6-9-17-10-8-16/h1-4,6,9-11H,5,7-8H2/b9-6-,17-10-. The SMILES string of the molecule is C1=C2/C=C\N=C/CC3(CC2)C1=Nc1ccccc13. The number of aliphatic imine (C=N–C) groups is 2. The Morgan fingerprint density at radius 3 is 3.11 bits per heavy atom. The maximum atomic E-state index is 4.84. The zero-order valence-electron chi connectivity index (χ0n) is 10.1. The lowest BCUT2D eigenvalue weighted by Crippen LogP contribution is -2.35. The van der Waals surface area contributed by atoms with Crippen LogP contribution in [-0.2, 0) is 5.41 Å². The second-order valence-corrected chi connectivity index (χ2v) is 5.17. The zero-order chi connectivity index (χ0) is 12.0. The third kappa shape index (κ3) is 1.23. The van der Waals surface area contributed by atoms with Crippen molar-refractivity contribution in [2.24, 2.45) is 9.98 Å². The van der Waals surface area contributed by atoms with Gasteiger partial charge in [-0.2, -0.15) is 0 Å². The number of allylic oxidation sites excluding steroid dienone is 3. The van der Waals surface area contributed by atoms with Gasteiger partial charge in [0.2, 0.25) is 0 Å². The summed E-state index contributed by atoms with van der Waals surface area (Å²) in [5, 5.41) is 0. The van der Waals surface area contributed by atoms with Gasteiger partial charge in [-0.25, -0.2) is 0 Å². The van der Waals surface area contributed by atoms with Crippen LogP contribution >= 0.6 is 0 Å². The van der Waals surface area contributed by atoms with Crippen molar-refractivity contribution >= 4 is 17.6 Å². The first kappa shape index (κ1) is 10.0. The molecule has 4 aliphatic rings. The number of para-hydroxylation sites is 1. The average molecular weight is 234 g/mol. The minimum Gasteiger partial charge on any atom is -0.269 e. The van der Waals surface area contributed by atoms with Gasteiger partial charge in [0.25, 0.3) is 0 Å². The van der Waals surface area contributed by atoms with Crippen LogP contribution in [0.2, 0.25) is 0 Å². The van der Waals surface area contributed by atoms with Gasteiger partial charge in [-0.3, -0.25) is 9.98 Å². The van der Waals surface area contributed by atoms with E-state index in [-0.39, 0.29) is 5.41 Å². The van der Waals surface area contributed by atoms with Crippen molar-refractivity contribution in [1.29, 1.82) is 0 Å². The molecule has 0 saturated heterocycles. The monoisotopic (exact) mass is 234 g/mol. The van der Waals surface area contributed by atoms with E-state index in [2.05, 4.69) is 41.4 Å². The van der Waals surface area contributed by atoms with Crippen LogP contribution in [0, 0.1) is 0 Å². The minimum atomic E-state index is 0.0790. The summed E-state index contributed by atoms with van der Waals surface area (Å²) in [4.78, 5) is 9.19. The van der Waals surface area contributed by atoms with Crippen LogP contribution < -0.4 is 0 Å². The smallest absolute Gasteiger partial charge is 0.0675 e. The van der Waals surface area contributed by atoms with Gasteiger partial charge in [0.15, 0.2) is 0 Å². The first-order valence-corrected chi connectivity index (χ1v) is 6.46. The molecule has 0 radical (unpaired) electrons. The van der Waals surface area contributed by atoms with Gasteiger partial charge < -0.3 is 0 Å². The van der Waals surface area contributed by atoms with Crippen LogP contribution in [-0.4, -0.2) is 11.9 Å². The topological polar surface area (TPSA) is 24.7 Å². The van der Waals surface area contributed by atoms with Crippen molar-refractivity contribution < 1.29 is 0 Å². The van der Waals surface area contributed by atoms with Crippen LogP contribution in [0.1, 0.15) is 24.8 Å². The lowest BCUT2D eigenvalue weighted by Gasteiger charge is -2.33. The highest BCUT2D eigenvalue weighted by atomic mass is 14.8. The highest BCUT2D eigenvalue weighted by Gasteiger charge is 2.43. The van der Waals surface area contributed by atoms with Crippen molar-refractivity contribution in [3.05, 3.63) is 53.8 Å². The Hall–Kier alpha value is -1.96. The molecule has 2 heteroatoms. The second kappa shape index (κ2) is 3.52. The molecule has 5 rings (SSSR count). The molecule has 1 aromatic carbocycles. The van der Waals surface area contributed by atoms with Crippen LogP contribution in [0.25, 0.3) is 0 Å². The summed E-state index contributed by atoms with van der Waals surface area (Å²) in [7, 11) is 0. The lowest BCUT2D eigenvalue weighted by atomic mass is 9.68. The van der Waals surface area contributed by atoms with E-state index < -0.39 is 0 Å². The molecule has 0 aromatic heterocycles. The van der Waals surface area contributed by atoms with Crippen LogP contribution in [0.5, 0.6) is 0 Å². The Labute approximate surface area is 106 Å². The van der Waals surface area contributed by atoms with Crippen molar-refractivity contribution in [2.75, 3.05) is 0 Å². The molecule has 0 N–H and O–H groups in total. The van der Waals surface area contributed by atoms with E-state index in [1.807, 2.05) is 12.4 Å². The van der Waals surface area contributed by atoms with E-state index in [9.17, 15) is 0 Å². The van der Waals surface area contributed by atoms with E-state index in [0.29, 0.717) is 0 Å². The molecule has 1 aliphatic carbocycles. The molecule has 3 heterocycles. The number of fused-ring (bicyclic) bond motifs is 4. The number of hydrogen-bond acceptors (Lipinski definition) is 2. The normalized spacial score (nSPS) is 31.3. The Balaban J connectivity index is 1.98. The molecule has 3 aliphatic heterocycles. The molecule has 2 nitrogen and oxygen atoms in total. The van der Waals surface area contributed by atoms with Gasteiger partial charge in [0, 0.05) is 17.8 Å².